The highest BCUT2D eigenvalue weighted by atomic mass is 32.1. The van der Waals surface area contributed by atoms with E-state index in [4.69, 9.17) is 0 Å². The van der Waals surface area contributed by atoms with Crippen LogP contribution in [0, 0.1) is 0 Å². The van der Waals surface area contributed by atoms with E-state index in [0.29, 0.717) is 0 Å². The van der Waals surface area contributed by atoms with Crippen molar-refractivity contribution in [2.24, 2.45) is 10.2 Å². The summed E-state index contributed by atoms with van der Waals surface area (Å²) in [6.07, 6.45) is 3.58. The number of aromatic nitrogens is 2. The van der Waals surface area contributed by atoms with Gasteiger partial charge in [0.25, 0.3) is 0 Å². The molecule has 2 heterocycles. The Balaban J connectivity index is 1.15. The van der Waals surface area contributed by atoms with Crippen LogP contribution in [0.3, 0.4) is 0 Å². The quantitative estimate of drug-likeness (QED) is 0.141. The molecule has 0 aliphatic heterocycles. The van der Waals surface area contributed by atoms with E-state index in [-0.39, 0.29) is 0 Å². The molecule has 0 saturated heterocycles. The van der Waals surface area contributed by atoms with Crippen molar-refractivity contribution < 1.29 is 0 Å². The third-order valence-corrected chi connectivity index (χ3v) is 7.55. The Bertz CT molecular complexity index is 1460. The number of nitrogens with zero attached hydrogens (tertiary/aromatic N) is 6. The van der Waals surface area contributed by atoms with E-state index in [9.17, 15) is 0 Å². The van der Waals surface area contributed by atoms with Gasteiger partial charge in [0, 0.05) is 61.5 Å². The lowest BCUT2D eigenvalue weighted by Crippen LogP contribution is -2.08. The Labute approximate surface area is 242 Å². The number of hydrogen-bond acceptors (Lipinski definition) is 10. The van der Waals surface area contributed by atoms with Crippen LogP contribution in [0.15, 0.2) is 93.8 Å². The first-order chi connectivity index (χ1) is 19.4. The van der Waals surface area contributed by atoms with Crippen LogP contribution < -0.4 is 20.7 Å². The maximum absolute atomic E-state index is 4.67. The van der Waals surface area contributed by atoms with Crippen molar-refractivity contribution in [3.8, 4) is 22.5 Å². The molecule has 0 amide bonds. The Morgan fingerprint density at radius 3 is 1.30 bits per heavy atom. The van der Waals surface area contributed by atoms with Crippen LogP contribution in [0.5, 0.6) is 0 Å². The average Bonchev–Trinajstić information content (AvgIpc) is 3.64. The largest absolute Gasteiger partial charge is 0.378 e. The lowest BCUT2D eigenvalue weighted by atomic mass is 10.1. The van der Waals surface area contributed by atoms with Crippen LogP contribution in [-0.2, 0) is 0 Å². The van der Waals surface area contributed by atoms with Gasteiger partial charge < -0.3 is 9.80 Å². The van der Waals surface area contributed by atoms with Gasteiger partial charge in [0.2, 0.25) is 10.3 Å². The van der Waals surface area contributed by atoms with Gasteiger partial charge in [0.1, 0.15) is 0 Å². The van der Waals surface area contributed by atoms with Crippen molar-refractivity contribution in [2.75, 3.05) is 48.8 Å². The minimum Gasteiger partial charge on any atom is -0.378 e. The van der Waals surface area contributed by atoms with Gasteiger partial charge in [-0.25, -0.2) is 9.97 Å². The monoisotopic (exact) mass is 566 g/mol. The third-order valence-electron chi connectivity index (χ3n) is 6.05. The molecule has 5 aromatic rings. The van der Waals surface area contributed by atoms with Crippen LogP contribution >= 0.6 is 22.7 Å². The Morgan fingerprint density at radius 2 is 0.950 bits per heavy atom. The molecule has 10 heteroatoms. The second kappa shape index (κ2) is 12.5. The van der Waals surface area contributed by atoms with Gasteiger partial charge in [-0.1, -0.05) is 48.5 Å². The van der Waals surface area contributed by atoms with E-state index in [1.807, 2.05) is 63.2 Å². The smallest absolute Gasteiger partial charge is 0.203 e. The van der Waals surface area contributed by atoms with Gasteiger partial charge in [0.05, 0.1) is 23.8 Å². The second-order valence-electron chi connectivity index (χ2n) is 9.37. The molecule has 0 saturated carbocycles. The van der Waals surface area contributed by atoms with Crippen molar-refractivity contribution in [3.05, 3.63) is 94.7 Å². The molecule has 3 aromatic carbocycles. The molecule has 0 bridgehead atoms. The zero-order valence-electron chi connectivity index (χ0n) is 22.7. The Hall–Kier alpha value is -4.54. The highest BCUT2D eigenvalue weighted by Gasteiger charge is 2.07. The lowest BCUT2D eigenvalue weighted by Gasteiger charge is -2.11. The number of nitrogens with one attached hydrogen (secondary N) is 2. The van der Waals surface area contributed by atoms with Gasteiger partial charge in [0.15, 0.2) is 0 Å². The molecule has 0 unspecified atom stereocenters. The van der Waals surface area contributed by atoms with Gasteiger partial charge in [-0.15, -0.1) is 22.7 Å². The summed E-state index contributed by atoms with van der Waals surface area (Å²) in [5.41, 5.74) is 14.3. The molecule has 5 rings (SSSR count). The van der Waals surface area contributed by atoms with Crippen LogP contribution in [0.25, 0.3) is 22.5 Å². The number of hydrazone groups is 2. The molecule has 8 nitrogen and oxygen atoms in total. The third kappa shape index (κ3) is 6.90. The fourth-order valence-electron chi connectivity index (χ4n) is 3.77. The molecule has 0 radical (unpaired) electrons. The topological polar surface area (TPSA) is 81.0 Å². The zero-order chi connectivity index (χ0) is 27.9. The molecule has 2 N–H and O–H groups in total. The minimum absolute atomic E-state index is 0.740. The van der Waals surface area contributed by atoms with Crippen LogP contribution in [-0.4, -0.2) is 50.6 Å². The van der Waals surface area contributed by atoms with Gasteiger partial charge in [-0.3, -0.25) is 10.9 Å². The normalized spacial score (nSPS) is 11.3. The number of anilines is 4. The van der Waals surface area contributed by atoms with E-state index in [0.717, 1.165) is 55.3 Å². The van der Waals surface area contributed by atoms with E-state index >= 15 is 0 Å². The Kier molecular flexibility index (Phi) is 8.48. The molecular formula is C30H30N8S2. The van der Waals surface area contributed by atoms with E-state index in [1.54, 1.807) is 12.4 Å². The standard InChI is InChI=1S/C30H30N8S2/c1-37(2)25-13-5-21(6-14-25)17-31-35-29-33-27(19-39-29)23-9-11-24(12-10-23)28-20-40-30(34-28)36-32-18-22-7-15-26(16-8-22)38(3)4/h5-20H,1-4H3,(H,33,35)(H,34,36)/b31-17+,32-18+. The van der Waals surface area contributed by atoms with Crippen LogP contribution in [0.4, 0.5) is 21.6 Å². The highest BCUT2D eigenvalue weighted by molar-refractivity contribution is 7.14. The van der Waals surface area contributed by atoms with E-state index in [2.05, 4.69) is 89.4 Å². The zero-order valence-corrected chi connectivity index (χ0v) is 24.4. The molecule has 0 aliphatic carbocycles. The van der Waals surface area contributed by atoms with Crippen molar-refractivity contribution in [1.82, 2.24) is 9.97 Å². The molecule has 40 heavy (non-hydrogen) atoms. The van der Waals surface area contributed by atoms with Crippen molar-refractivity contribution in [2.45, 2.75) is 0 Å². The van der Waals surface area contributed by atoms with Gasteiger partial charge in [-0.2, -0.15) is 10.2 Å². The van der Waals surface area contributed by atoms with Crippen molar-refractivity contribution >= 4 is 56.7 Å². The number of rotatable bonds is 10. The molecule has 0 fully saturated rings. The number of benzene rings is 3. The lowest BCUT2D eigenvalue weighted by molar-refractivity contribution is 1.13. The summed E-state index contributed by atoms with van der Waals surface area (Å²) in [5.74, 6) is 0. The predicted octanol–water partition coefficient (Wildman–Crippen LogP) is 6.96. The molecular weight excluding hydrogens is 537 g/mol. The van der Waals surface area contributed by atoms with Crippen molar-refractivity contribution in [1.29, 1.82) is 0 Å². The highest BCUT2D eigenvalue weighted by Crippen LogP contribution is 2.29. The summed E-state index contributed by atoms with van der Waals surface area (Å²) in [6.45, 7) is 0. The average molecular weight is 567 g/mol. The summed E-state index contributed by atoms with van der Waals surface area (Å²) >= 11 is 3.04. The first kappa shape index (κ1) is 27.0. The van der Waals surface area contributed by atoms with Crippen LogP contribution in [0.2, 0.25) is 0 Å². The number of thiazole rings is 2. The predicted molar refractivity (Wildman–Crippen MR) is 173 cm³/mol. The van der Waals surface area contributed by atoms with E-state index < -0.39 is 0 Å². The summed E-state index contributed by atoms with van der Waals surface area (Å²) in [4.78, 5) is 13.5. The molecule has 0 aliphatic rings. The molecule has 2 aromatic heterocycles. The number of hydrogen-bond donors (Lipinski definition) is 2. The molecule has 202 valence electrons. The molecule has 0 atom stereocenters. The maximum Gasteiger partial charge on any atom is 0.203 e. The Morgan fingerprint density at radius 1 is 0.575 bits per heavy atom. The molecule has 0 spiro atoms. The van der Waals surface area contributed by atoms with Crippen molar-refractivity contribution in [3.63, 3.8) is 0 Å². The fraction of sp³-hybridized carbons (Fsp3) is 0.133. The van der Waals surface area contributed by atoms with Gasteiger partial charge >= 0.3 is 0 Å². The summed E-state index contributed by atoms with van der Waals surface area (Å²) in [7, 11) is 8.09. The first-order valence-corrected chi connectivity index (χ1v) is 14.4. The van der Waals surface area contributed by atoms with Crippen LogP contribution in [0.1, 0.15) is 11.1 Å². The second-order valence-corrected chi connectivity index (χ2v) is 11.1. The van der Waals surface area contributed by atoms with E-state index in [1.165, 1.54) is 22.7 Å². The SMILES string of the molecule is CN(C)c1ccc(/C=N/Nc2nc(-c3ccc(-c4csc(N/N=C/c5ccc(N(C)C)cc5)n4)cc3)cs2)cc1. The maximum atomic E-state index is 4.67. The summed E-state index contributed by atoms with van der Waals surface area (Å²) < 4.78 is 0. The van der Waals surface area contributed by atoms with Gasteiger partial charge in [-0.05, 0) is 35.4 Å². The fourth-order valence-corrected chi connectivity index (χ4v) is 5.11. The first-order valence-electron chi connectivity index (χ1n) is 12.6. The summed E-state index contributed by atoms with van der Waals surface area (Å²) in [6, 6.07) is 24.7. The minimum atomic E-state index is 0.740. The summed E-state index contributed by atoms with van der Waals surface area (Å²) in [5, 5.41) is 14.2.